The number of hydrogen-bond acceptors (Lipinski definition) is 2. The first-order valence-electron chi connectivity index (χ1n) is 7.36. The van der Waals surface area contributed by atoms with E-state index in [-0.39, 0.29) is 17.7 Å². The number of nitrogens with one attached hydrogen (secondary N) is 1. The third kappa shape index (κ3) is 2.14. The predicted molar refractivity (Wildman–Crippen MR) is 79.3 cm³/mol. The summed E-state index contributed by atoms with van der Waals surface area (Å²) in [5.74, 6) is 0.269. The van der Waals surface area contributed by atoms with Crippen LogP contribution >= 0.6 is 11.6 Å². The van der Waals surface area contributed by atoms with Crippen LogP contribution in [0.25, 0.3) is 0 Å². The van der Waals surface area contributed by atoms with Gasteiger partial charge in [0.15, 0.2) is 0 Å². The van der Waals surface area contributed by atoms with Crippen LogP contribution in [0.3, 0.4) is 0 Å². The van der Waals surface area contributed by atoms with Crippen molar-refractivity contribution in [2.75, 3.05) is 6.54 Å². The molecule has 2 amide bonds. The second-order valence-corrected chi connectivity index (χ2v) is 6.20. The molecule has 5 heteroatoms. The largest absolute Gasteiger partial charge is 0.340 e. The lowest BCUT2D eigenvalue weighted by molar-refractivity contribution is -0.163. The number of halogens is 1. The summed E-state index contributed by atoms with van der Waals surface area (Å²) in [6.07, 6.45) is 4.96. The van der Waals surface area contributed by atoms with Gasteiger partial charge in [-0.1, -0.05) is 31.5 Å². The summed E-state index contributed by atoms with van der Waals surface area (Å²) < 4.78 is 0. The van der Waals surface area contributed by atoms with Gasteiger partial charge in [-0.25, -0.2) is 0 Å². The van der Waals surface area contributed by atoms with E-state index in [1.54, 1.807) is 11.0 Å². The Morgan fingerprint density at radius 2 is 1.95 bits per heavy atom. The molecular formula is C15H23ClN2O2. The van der Waals surface area contributed by atoms with E-state index >= 15 is 0 Å². The lowest BCUT2D eigenvalue weighted by Gasteiger charge is -2.51. The van der Waals surface area contributed by atoms with Gasteiger partial charge in [0.2, 0.25) is 11.8 Å². The molecule has 1 heterocycles. The molecule has 20 heavy (non-hydrogen) atoms. The monoisotopic (exact) mass is 298 g/mol. The molecule has 2 fully saturated rings. The van der Waals surface area contributed by atoms with E-state index < -0.39 is 11.1 Å². The molecule has 4 nitrogen and oxygen atoms in total. The van der Waals surface area contributed by atoms with E-state index in [4.69, 9.17) is 11.6 Å². The van der Waals surface area contributed by atoms with Crippen molar-refractivity contribution in [1.82, 2.24) is 10.2 Å². The van der Waals surface area contributed by atoms with Gasteiger partial charge in [0.05, 0.1) is 0 Å². The standard InChI is InChI=1S/C15H23ClN2O2/c1-4-15(5-2)12(19)17-14(3,11-7-8-11)13(20)18(15)10-6-9-16/h6,9,11H,4-5,7-8,10H2,1-3H3,(H,17,19)/b9-6+. The van der Waals surface area contributed by atoms with Crippen LogP contribution in [0.4, 0.5) is 0 Å². The molecule has 2 rings (SSSR count). The quantitative estimate of drug-likeness (QED) is 0.847. The average molecular weight is 299 g/mol. The van der Waals surface area contributed by atoms with E-state index in [0.717, 1.165) is 12.8 Å². The summed E-state index contributed by atoms with van der Waals surface area (Å²) >= 11 is 5.61. The van der Waals surface area contributed by atoms with Crippen molar-refractivity contribution in [3.05, 3.63) is 11.6 Å². The van der Waals surface area contributed by atoms with Crippen LogP contribution in [0.1, 0.15) is 46.5 Å². The van der Waals surface area contributed by atoms with Gasteiger partial charge in [-0.15, -0.1) is 0 Å². The van der Waals surface area contributed by atoms with Gasteiger partial charge in [-0.05, 0) is 38.5 Å². The fraction of sp³-hybridized carbons (Fsp3) is 0.733. The van der Waals surface area contributed by atoms with Crippen LogP contribution in [0.15, 0.2) is 11.6 Å². The highest BCUT2D eigenvalue weighted by molar-refractivity contribution is 6.25. The van der Waals surface area contributed by atoms with Crippen molar-refractivity contribution in [2.45, 2.75) is 57.5 Å². The summed E-state index contributed by atoms with van der Waals surface area (Å²) in [7, 11) is 0. The van der Waals surface area contributed by atoms with Crippen molar-refractivity contribution in [3.63, 3.8) is 0 Å². The van der Waals surface area contributed by atoms with E-state index in [1.807, 2.05) is 20.8 Å². The minimum atomic E-state index is -0.748. The Morgan fingerprint density at radius 1 is 1.35 bits per heavy atom. The maximum atomic E-state index is 12.9. The second-order valence-electron chi connectivity index (χ2n) is 5.95. The van der Waals surface area contributed by atoms with Crippen molar-refractivity contribution >= 4 is 23.4 Å². The fourth-order valence-electron chi connectivity index (χ4n) is 3.30. The molecule has 2 aliphatic rings. The highest BCUT2D eigenvalue weighted by Crippen LogP contribution is 2.44. The molecule has 1 atom stereocenters. The number of hydrogen-bond donors (Lipinski definition) is 1. The van der Waals surface area contributed by atoms with Gasteiger partial charge in [-0.2, -0.15) is 0 Å². The van der Waals surface area contributed by atoms with E-state index in [0.29, 0.717) is 19.4 Å². The van der Waals surface area contributed by atoms with Gasteiger partial charge in [-0.3, -0.25) is 9.59 Å². The molecule has 1 N–H and O–H groups in total. The van der Waals surface area contributed by atoms with E-state index in [9.17, 15) is 9.59 Å². The van der Waals surface area contributed by atoms with Crippen LogP contribution in [0.5, 0.6) is 0 Å². The van der Waals surface area contributed by atoms with Gasteiger partial charge in [0.25, 0.3) is 0 Å². The number of piperazine rings is 1. The molecule has 0 aromatic rings. The molecule has 0 aromatic heterocycles. The first-order chi connectivity index (χ1) is 9.46. The Balaban J connectivity index is 2.40. The minimum absolute atomic E-state index is 0.0260. The predicted octanol–water partition coefficient (Wildman–Crippen LogP) is 2.42. The zero-order chi connectivity index (χ0) is 15.0. The Labute approximate surface area is 125 Å². The zero-order valence-corrected chi connectivity index (χ0v) is 13.2. The van der Waals surface area contributed by atoms with Crippen molar-refractivity contribution in [1.29, 1.82) is 0 Å². The van der Waals surface area contributed by atoms with Crippen molar-refractivity contribution in [2.24, 2.45) is 5.92 Å². The van der Waals surface area contributed by atoms with Crippen LogP contribution in [0, 0.1) is 5.92 Å². The summed E-state index contributed by atoms with van der Waals surface area (Å²) in [5.41, 5.74) is -0.0860. The summed E-state index contributed by atoms with van der Waals surface area (Å²) in [6.45, 7) is 6.15. The number of carbonyl (C=O) groups is 2. The van der Waals surface area contributed by atoms with Gasteiger partial charge < -0.3 is 10.2 Å². The molecule has 0 bridgehead atoms. The summed E-state index contributed by atoms with van der Waals surface area (Å²) in [4.78, 5) is 27.4. The summed E-state index contributed by atoms with van der Waals surface area (Å²) in [6, 6.07) is 0. The smallest absolute Gasteiger partial charge is 0.249 e. The van der Waals surface area contributed by atoms with Gasteiger partial charge >= 0.3 is 0 Å². The Hall–Kier alpha value is -1.03. The maximum absolute atomic E-state index is 12.9. The third-order valence-corrected chi connectivity index (χ3v) is 5.12. The summed E-state index contributed by atoms with van der Waals surface area (Å²) in [5, 5.41) is 3.02. The molecule has 1 unspecified atom stereocenters. The maximum Gasteiger partial charge on any atom is 0.249 e. The van der Waals surface area contributed by atoms with Gasteiger partial charge in [0, 0.05) is 12.1 Å². The van der Waals surface area contributed by atoms with Crippen LogP contribution < -0.4 is 5.32 Å². The molecule has 112 valence electrons. The Kier molecular flexibility index (Phi) is 4.14. The topological polar surface area (TPSA) is 49.4 Å². The molecule has 1 aliphatic heterocycles. The first-order valence-corrected chi connectivity index (χ1v) is 7.79. The molecule has 0 spiro atoms. The number of amides is 2. The Morgan fingerprint density at radius 3 is 2.40 bits per heavy atom. The van der Waals surface area contributed by atoms with Crippen molar-refractivity contribution < 1.29 is 9.59 Å². The molecular weight excluding hydrogens is 276 g/mol. The lowest BCUT2D eigenvalue weighted by Crippen LogP contribution is -2.75. The number of carbonyl (C=O) groups excluding carboxylic acids is 2. The molecule has 1 saturated carbocycles. The first kappa shape index (κ1) is 15.4. The molecule has 0 aromatic carbocycles. The van der Waals surface area contributed by atoms with Crippen LogP contribution in [0.2, 0.25) is 0 Å². The second kappa shape index (κ2) is 5.40. The molecule has 0 radical (unpaired) electrons. The fourth-order valence-corrected chi connectivity index (χ4v) is 3.38. The SMILES string of the molecule is CCC1(CC)C(=O)NC(C)(C2CC2)C(=O)N1C/C=C/Cl. The molecule has 1 saturated heterocycles. The van der Waals surface area contributed by atoms with Crippen LogP contribution in [-0.4, -0.2) is 34.3 Å². The lowest BCUT2D eigenvalue weighted by atomic mass is 9.80. The normalized spacial score (nSPS) is 29.9. The average Bonchev–Trinajstić information content (AvgIpc) is 3.26. The molecule has 1 aliphatic carbocycles. The van der Waals surface area contributed by atoms with Gasteiger partial charge in [0.1, 0.15) is 11.1 Å². The van der Waals surface area contributed by atoms with Crippen molar-refractivity contribution in [3.8, 4) is 0 Å². The van der Waals surface area contributed by atoms with E-state index in [2.05, 4.69) is 5.32 Å². The number of nitrogens with zero attached hydrogens (tertiary/aromatic N) is 1. The van der Waals surface area contributed by atoms with E-state index in [1.165, 1.54) is 5.54 Å². The number of rotatable bonds is 5. The minimum Gasteiger partial charge on any atom is -0.340 e. The Bertz CT molecular complexity index is 441. The highest BCUT2D eigenvalue weighted by Gasteiger charge is 2.59. The van der Waals surface area contributed by atoms with Crippen LogP contribution in [-0.2, 0) is 9.59 Å². The third-order valence-electron chi connectivity index (χ3n) is 4.94. The zero-order valence-electron chi connectivity index (χ0n) is 12.4. The highest BCUT2D eigenvalue weighted by atomic mass is 35.5.